The van der Waals surface area contributed by atoms with Crippen molar-refractivity contribution in [2.75, 3.05) is 23.8 Å². The number of halogens is 1. The Hall–Kier alpha value is 0.130. The first-order chi connectivity index (χ1) is 9.29. The molecule has 1 aliphatic rings. The topological polar surface area (TPSA) is 84.4 Å². The molecular formula is C9H13ClN2O4S4. The summed E-state index contributed by atoms with van der Waals surface area (Å²) >= 11 is 7.93. The maximum atomic E-state index is 12.5. The first-order valence-corrected chi connectivity index (χ1v) is 11.2. The summed E-state index contributed by atoms with van der Waals surface area (Å²) < 4.78 is 50.4. The average molecular weight is 377 g/mol. The highest BCUT2D eigenvalue weighted by atomic mass is 35.5. The number of hydrogen-bond donors (Lipinski definition) is 0. The standard InChI is InChI=1S/C9H13ClN2O4S4/c1-2-19(13,14)7-6-17-4-3-12(7)20(15,16)8-5-11-9(10)18-8/h5,7H,2-4,6H2,1H3. The second kappa shape index (κ2) is 6.09. The molecule has 1 aliphatic heterocycles. The molecule has 1 saturated heterocycles. The number of sulfone groups is 1. The third-order valence-electron chi connectivity index (χ3n) is 2.87. The van der Waals surface area contributed by atoms with E-state index in [1.54, 1.807) is 0 Å². The van der Waals surface area contributed by atoms with Gasteiger partial charge in [0, 0.05) is 23.8 Å². The Morgan fingerprint density at radius 2 is 2.15 bits per heavy atom. The molecule has 0 bridgehead atoms. The van der Waals surface area contributed by atoms with Crippen molar-refractivity contribution < 1.29 is 16.8 Å². The predicted octanol–water partition coefficient (Wildman–Crippen LogP) is 1.29. The summed E-state index contributed by atoms with van der Waals surface area (Å²) in [5, 5.41) is -1.02. The molecule has 0 aliphatic carbocycles. The molecule has 1 atom stereocenters. The van der Waals surface area contributed by atoms with Crippen molar-refractivity contribution >= 4 is 54.6 Å². The highest BCUT2D eigenvalue weighted by Crippen LogP contribution is 2.31. The van der Waals surface area contributed by atoms with Crippen LogP contribution in [0.1, 0.15) is 6.92 Å². The van der Waals surface area contributed by atoms with E-state index in [2.05, 4.69) is 4.98 Å². The second-order valence-corrected chi connectivity index (χ2v) is 11.4. The van der Waals surface area contributed by atoms with Crippen molar-refractivity contribution in [1.82, 2.24) is 9.29 Å². The quantitative estimate of drug-likeness (QED) is 0.787. The number of nitrogens with zero attached hydrogens (tertiary/aromatic N) is 2. The Balaban J connectivity index is 2.42. The Labute approximate surface area is 131 Å². The van der Waals surface area contributed by atoms with E-state index < -0.39 is 25.2 Å². The van der Waals surface area contributed by atoms with E-state index in [1.165, 1.54) is 24.9 Å². The van der Waals surface area contributed by atoms with Crippen molar-refractivity contribution in [3.8, 4) is 0 Å². The largest absolute Gasteiger partial charge is 0.255 e. The van der Waals surface area contributed by atoms with Crippen LogP contribution < -0.4 is 0 Å². The van der Waals surface area contributed by atoms with Crippen LogP contribution in [0.3, 0.4) is 0 Å². The second-order valence-electron chi connectivity index (χ2n) is 4.03. The van der Waals surface area contributed by atoms with Gasteiger partial charge in [-0.3, -0.25) is 0 Å². The van der Waals surface area contributed by atoms with Gasteiger partial charge in [0.15, 0.2) is 18.5 Å². The Morgan fingerprint density at radius 1 is 1.45 bits per heavy atom. The molecule has 0 amide bonds. The molecule has 1 unspecified atom stereocenters. The van der Waals surface area contributed by atoms with Crippen LogP contribution in [0.15, 0.2) is 10.4 Å². The zero-order valence-corrected chi connectivity index (χ0v) is 14.5. The van der Waals surface area contributed by atoms with Crippen LogP contribution in [0.2, 0.25) is 4.47 Å². The van der Waals surface area contributed by atoms with Gasteiger partial charge in [0.1, 0.15) is 5.37 Å². The van der Waals surface area contributed by atoms with Crippen molar-refractivity contribution in [2.24, 2.45) is 0 Å². The van der Waals surface area contributed by atoms with Gasteiger partial charge in [-0.05, 0) is 0 Å². The number of aromatic nitrogens is 1. The van der Waals surface area contributed by atoms with E-state index >= 15 is 0 Å². The summed E-state index contributed by atoms with van der Waals surface area (Å²) in [7, 11) is -7.35. The summed E-state index contributed by atoms with van der Waals surface area (Å²) in [6, 6.07) is 0. The van der Waals surface area contributed by atoms with Gasteiger partial charge in [0.25, 0.3) is 10.0 Å². The minimum Gasteiger partial charge on any atom is -0.232 e. The summed E-state index contributed by atoms with van der Waals surface area (Å²) in [5.41, 5.74) is 0. The lowest BCUT2D eigenvalue weighted by Crippen LogP contribution is -2.50. The lowest BCUT2D eigenvalue weighted by Gasteiger charge is -2.33. The molecule has 11 heteroatoms. The maximum Gasteiger partial charge on any atom is 0.255 e. The lowest BCUT2D eigenvalue weighted by molar-refractivity contribution is 0.405. The zero-order valence-electron chi connectivity index (χ0n) is 10.5. The maximum absolute atomic E-state index is 12.5. The highest BCUT2D eigenvalue weighted by Gasteiger charge is 2.41. The molecule has 0 aromatic carbocycles. The van der Waals surface area contributed by atoms with E-state index in [0.29, 0.717) is 5.75 Å². The number of sulfonamides is 1. The summed E-state index contributed by atoms with van der Waals surface area (Å²) in [6.07, 6.45) is 1.17. The van der Waals surface area contributed by atoms with Gasteiger partial charge < -0.3 is 0 Å². The number of thioether (sulfide) groups is 1. The number of rotatable bonds is 4. The number of thiazole rings is 1. The van der Waals surface area contributed by atoms with Crippen molar-refractivity contribution in [3.63, 3.8) is 0 Å². The third kappa shape index (κ3) is 3.14. The fourth-order valence-electron chi connectivity index (χ4n) is 1.79. The van der Waals surface area contributed by atoms with Crippen LogP contribution in [0.5, 0.6) is 0 Å². The molecule has 1 aromatic heterocycles. The summed E-state index contributed by atoms with van der Waals surface area (Å²) in [5.74, 6) is 0.733. The Morgan fingerprint density at radius 3 is 2.70 bits per heavy atom. The smallest absolute Gasteiger partial charge is 0.232 e. The molecule has 114 valence electrons. The molecule has 1 fully saturated rings. The fraction of sp³-hybridized carbons (Fsp3) is 0.667. The molecule has 0 spiro atoms. The van der Waals surface area contributed by atoms with Crippen LogP contribution in [0.25, 0.3) is 0 Å². The molecule has 2 rings (SSSR count). The van der Waals surface area contributed by atoms with Crippen LogP contribution in [-0.4, -0.2) is 55.3 Å². The minimum absolute atomic E-state index is 0.0225. The predicted molar refractivity (Wildman–Crippen MR) is 81.6 cm³/mol. The van der Waals surface area contributed by atoms with Gasteiger partial charge in [-0.15, -0.1) is 0 Å². The van der Waals surface area contributed by atoms with Gasteiger partial charge in [0.2, 0.25) is 0 Å². The third-order valence-corrected chi connectivity index (χ3v) is 9.76. The first kappa shape index (κ1) is 16.5. The van der Waals surface area contributed by atoms with Crippen molar-refractivity contribution in [3.05, 3.63) is 10.7 Å². The highest BCUT2D eigenvalue weighted by molar-refractivity contribution is 8.01. The van der Waals surface area contributed by atoms with Crippen LogP contribution in [-0.2, 0) is 19.9 Å². The summed E-state index contributed by atoms with van der Waals surface area (Å²) in [6.45, 7) is 1.69. The van der Waals surface area contributed by atoms with Gasteiger partial charge in [-0.1, -0.05) is 29.9 Å². The van der Waals surface area contributed by atoms with Gasteiger partial charge in [-0.25, -0.2) is 21.8 Å². The lowest BCUT2D eigenvalue weighted by atomic mass is 10.6. The molecule has 1 aromatic rings. The SMILES string of the molecule is CCS(=O)(=O)C1CSCCN1S(=O)(=O)c1cnc(Cl)s1. The van der Waals surface area contributed by atoms with Gasteiger partial charge in [0.05, 0.1) is 6.20 Å². The van der Waals surface area contributed by atoms with Gasteiger partial charge >= 0.3 is 0 Å². The molecule has 0 N–H and O–H groups in total. The first-order valence-electron chi connectivity index (χ1n) is 5.71. The Kier molecular flexibility index (Phi) is 5.02. The van der Waals surface area contributed by atoms with E-state index in [0.717, 1.165) is 15.6 Å². The van der Waals surface area contributed by atoms with Crippen molar-refractivity contribution in [2.45, 2.75) is 16.5 Å². The minimum atomic E-state index is -3.87. The fourth-order valence-corrected chi connectivity index (χ4v) is 8.46. The van der Waals surface area contributed by atoms with E-state index in [1.807, 2.05) is 0 Å². The van der Waals surface area contributed by atoms with Crippen molar-refractivity contribution in [1.29, 1.82) is 0 Å². The molecule has 2 heterocycles. The van der Waals surface area contributed by atoms with Crippen LogP contribution in [0, 0.1) is 0 Å². The zero-order chi connectivity index (χ0) is 15.0. The molecular weight excluding hydrogens is 364 g/mol. The molecule has 0 radical (unpaired) electrons. The summed E-state index contributed by atoms with van der Waals surface area (Å²) in [4.78, 5) is 3.71. The van der Waals surface area contributed by atoms with E-state index in [-0.39, 0.29) is 26.7 Å². The number of hydrogen-bond acceptors (Lipinski definition) is 7. The monoisotopic (exact) mass is 376 g/mol. The van der Waals surface area contributed by atoms with Crippen LogP contribution >= 0.6 is 34.7 Å². The molecule has 6 nitrogen and oxygen atoms in total. The van der Waals surface area contributed by atoms with E-state index in [9.17, 15) is 16.8 Å². The molecule has 0 saturated carbocycles. The van der Waals surface area contributed by atoms with E-state index in [4.69, 9.17) is 11.6 Å². The average Bonchev–Trinajstić information content (AvgIpc) is 2.86. The van der Waals surface area contributed by atoms with Gasteiger partial charge in [-0.2, -0.15) is 16.1 Å². The van der Waals surface area contributed by atoms with Crippen LogP contribution in [0.4, 0.5) is 0 Å². The molecule has 20 heavy (non-hydrogen) atoms. The normalized spacial score (nSPS) is 22.0. The Bertz CT molecular complexity index is 685.